The number of hydrogen-bond donors (Lipinski definition) is 1. The Balaban J connectivity index is 0.00000180. The van der Waals surface area contributed by atoms with E-state index in [0.717, 1.165) is 0 Å². The Hall–Kier alpha value is -0.880. The molecule has 3 nitrogen and oxygen atoms in total. The number of nitrogens with two attached hydrogens (primary N) is 1. The van der Waals surface area contributed by atoms with E-state index in [-0.39, 0.29) is 18.3 Å². The van der Waals surface area contributed by atoms with Crippen LogP contribution in [0.25, 0.3) is 0 Å². The van der Waals surface area contributed by atoms with E-state index in [1.165, 1.54) is 9.75 Å². The largest absolute Gasteiger partial charge is 0.331 e. The normalized spacial score (nSPS) is 11.7. The summed E-state index contributed by atoms with van der Waals surface area (Å²) < 4.78 is 0. The maximum atomic E-state index is 12.1. The standard InChI is InChI=1S/C13H16N2OS2.ClH/c1-10(14)13(16)15(8-11-4-2-6-17-11)9-12-5-3-7-18-12;/h2-7,10H,8-9,14H2,1H3;1H/t10-;/m1./s1. The summed E-state index contributed by atoms with van der Waals surface area (Å²) in [7, 11) is 0. The van der Waals surface area contributed by atoms with E-state index in [1.807, 2.05) is 39.9 Å². The number of carbonyl (C=O) groups is 1. The monoisotopic (exact) mass is 316 g/mol. The molecular weight excluding hydrogens is 300 g/mol. The van der Waals surface area contributed by atoms with Crippen LogP contribution in [0.5, 0.6) is 0 Å². The lowest BCUT2D eigenvalue weighted by Gasteiger charge is -2.23. The number of carbonyl (C=O) groups excluding carboxylic acids is 1. The molecule has 0 aliphatic carbocycles. The van der Waals surface area contributed by atoms with E-state index in [4.69, 9.17) is 5.73 Å². The fraction of sp³-hybridized carbons (Fsp3) is 0.308. The highest BCUT2D eigenvalue weighted by molar-refractivity contribution is 7.10. The van der Waals surface area contributed by atoms with E-state index in [0.29, 0.717) is 13.1 Å². The van der Waals surface area contributed by atoms with Crippen LogP contribution in [-0.2, 0) is 17.9 Å². The molecule has 2 aromatic heterocycles. The highest BCUT2D eigenvalue weighted by Crippen LogP contribution is 2.17. The minimum absolute atomic E-state index is 0. The third-order valence-electron chi connectivity index (χ3n) is 2.55. The van der Waals surface area contributed by atoms with Crippen LogP contribution in [0.15, 0.2) is 35.0 Å². The van der Waals surface area contributed by atoms with Gasteiger partial charge in [-0.3, -0.25) is 4.79 Å². The molecule has 19 heavy (non-hydrogen) atoms. The molecule has 0 aliphatic heterocycles. The van der Waals surface area contributed by atoms with Gasteiger partial charge in [0.25, 0.3) is 0 Å². The van der Waals surface area contributed by atoms with Crippen LogP contribution in [0.4, 0.5) is 0 Å². The second kappa shape index (κ2) is 7.65. The van der Waals surface area contributed by atoms with Gasteiger partial charge in [0.2, 0.25) is 5.91 Å². The molecule has 2 aromatic rings. The zero-order valence-corrected chi connectivity index (χ0v) is 13.1. The van der Waals surface area contributed by atoms with Gasteiger partial charge in [-0.05, 0) is 29.8 Å². The number of halogens is 1. The molecule has 0 aromatic carbocycles. The molecule has 0 aliphatic rings. The van der Waals surface area contributed by atoms with Gasteiger partial charge in [-0.15, -0.1) is 35.1 Å². The van der Waals surface area contributed by atoms with E-state index in [2.05, 4.69) is 0 Å². The number of thiophene rings is 2. The van der Waals surface area contributed by atoms with Crippen LogP contribution < -0.4 is 5.73 Å². The van der Waals surface area contributed by atoms with Crippen LogP contribution in [0, 0.1) is 0 Å². The predicted molar refractivity (Wildman–Crippen MR) is 83.8 cm³/mol. The van der Waals surface area contributed by atoms with Gasteiger partial charge in [-0.1, -0.05) is 12.1 Å². The van der Waals surface area contributed by atoms with Gasteiger partial charge >= 0.3 is 0 Å². The Morgan fingerprint density at radius 3 is 2.00 bits per heavy atom. The summed E-state index contributed by atoms with van der Waals surface area (Å²) in [6.45, 7) is 3.00. The van der Waals surface area contributed by atoms with Crippen molar-refractivity contribution in [3.8, 4) is 0 Å². The zero-order chi connectivity index (χ0) is 13.0. The van der Waals surface area contributed by atoms with Crippen molar-refractivity contribution in [1.82, 2.24) is 4.90 Å². The molecule has 104 valence electrons. The Morgan fingerprint density at radius 1 is 1.21 bits per heavy atom. The summed E-state index contributed by atoms with van der Waals surface area (Å²) >= 11 is 3.32. The summed E-state index contributed by atoms with van der Waals surface area (Å²) in [5.74, 6) is -0.00296. The van der Waals surface area contributed by atoms with E-state index < -0.39 is 6.04 Å². The molecule has 2 N–H and O–H groups in total. The van der Waals surface area contributed by atoms with Crippen LogP contribution >= 0.6 is 35.1 Å². The van der Waals surface area contributed by atoms with Gasteiger partial charge in [0.15, 0.2) is 0 Å². The van der Waals surface area contributed by atoms with Gasteiger partial charge in [0, 0.05) is 9.75 Å². The van der Waals surface area contributed by atoms with Crippen molar-refractivity contribution in [2.75, 3.05) is 0 Å². The lowest BCUT2D eigenvalue weighted by atomic mass is 10.2. The molecule has 0 radical (unpaired) electrons. The molecule has 6 heteroatoms. The third kappa shape index (κ3) is 4.62. The van der Waals surface area contributed by atoms with Gasteiger partial charge in [0.1, 0.15) is 0 Å². The predicted octanol–water partition coefficient (Wildman–Crippen LogP) is 3.11. The van der Waals surface area contributed by atoms with Crippen LogP contribution in [0.1, 0.15) is 16.7 Å². The Bertz CT molecular complexity index is 446. The Morgan fingerprint density at radius 2 is 1.68 bits per heavy atom. The summed E-state index contributed by atoms with van der Waals surface area (Å²) in [6.07, 6.45) is 0. The first-order chi connectivity index (χ1) is 8.66. The van der Waals surface area contributed by atoms with E-state index >= 15 is 0 Å². The van der Waals surface area contributed by atoms with Crippen molar-refractivity contribution >= 4 is 41.0 Å². The van der Waals surface area contributed by atoms with E-state index in [9.17, 15) is 4.79 Å². The maximum Gasteiger partial charge on any atom is 0.239 e. The summed E-state index contributed by atoms with van der Waals surface area (Å²) in [5.41, 5.74) is 5.71. The van der Waals surface area contributed by atoms with Crippen molar-refractivity contribution in [1.29, 1.82) is 0 Å². The van der Waals surface area contributed by atoms with Crippen LogP contribution in [0.3, 0.4) is 0 Å². The number of hydrogen-bond acceptors (Lipinski definition) is 4. The van der Waals surface area contributed by atoms with Crippen LogP contribution in [-0.4, -0.2) is 16.8 Å². The molecule has 0 saturated carbocycles. The second-order valence-electron chi connectivity index (χ2n) is 4.14. The molecular formula is C13H17ClN2OS2. The highest BCUT2D eigenvalue weighted by Gasteiger charge is 2.18. The van der Waals surface area contributed by atoms with Crippen molar-refractivity contribution in [3.63, 3.8) is 0 Å². The van der Waals surface area contributed by atoms with Crippen molar-refractivity contribution in [2.24, 2.45) is 5.73 Å². The Labute approximate surface area is 127 Å². The molecule has 1 atom stereocenters. The van der Waals surface area contributed by atoms with Gasteiger partial charge in [0.05, 0.1) is 19.1 Å². The van der Waals surface area contributed by atoms with Crippen molar-refractivity contribution in [2.45, 2.75) is 26.1 Å². The topological polar surface area (TPSA) is 46.3 Å². The SMILES string of the molecule is C[C@@H](N)C(=O)N(Cc1cccs1)Cc1cccs1.Cl. The zero-order valence-electron chi connectivity index (χ0n) is 10.6. The Kier molecular flexibility index (Phi) is 6.51. The average Bonchev–Trinajstić information content (AvgIpc) is 2.99. The fourth-order valence-corrected chi connectivity index (χ4v) is 3.12. The first-order valence-electron chi connectivity index (χ1n) is 5.76. The van der Waals surface area contributed by atoms with Crippen molar-refractivity contribution in [3.05, 3.63) is 44.8 Å². The van der Waals surface area contributed by atoms with Gasteiger partial charge < -0.3 is 10.6 Å². The molecule has 0 spiro atoms. The molecule has 2 rings (SSSR count). The maximum absolute atomic E-state index is 12.1. The van der Waals surface area contributed by atoms with Crippen molar-refractivity contribution < 1.29 is 4.79 Å². The summed E-state index contributed by atoms with van der Waals surface area (Å²) in [4.78, 5) is 16.3. The lowest BCUT2D eigenvalue weighted by molar-refractivity contribution is -0.133. The minimum atomic E-state index is -0.454. The smallest absolute Gasteiger partial charge is 0.239 e. The highest BCUT2D eigenvalue weighted by atomic mass is 35.5. The molecule has 0 fully saturated rings. The van der Waals surface area contributed by atoms with Gasteiger partial charge in [-0.2, -0.15) is 0 Å². The van der Waals surface area contributed by atoms with E-state index in [1.54, 1.807) is 29.6 Å². The average molecular weight is 317 g/mol. The third-order valence-corrected chi connectivity index (χ3v) is 4.28. The minimum Gasteiger partial charge on any atom is -0.331 e. The first kappa shape index (κ1) is 16.2. The quantitative estimate of drug-likeness (QED) is 0.921. The summed E-state index contributed by atoms with van der Waals surface area (Å²) in [6, 6.07) is 7.63. The molecule has 0 unspecified atom stereocenters. The molecule has 0 saturated heterocycles. The second-order valence-corrected chi connectivity index (χ2v) is 6.21. The van der Waals surface area contributed by atoms with Crippen LogP contribution in [0.2, 0.25) is 0 Å². The molecule has 1 amide bonds. The van der Waals surface area contributed by atoms with Gasteiger partial charge in [-0.25, -0.2) is 0 Å². The first-order valence-corrected chi connectivity index (χ1v) is 7.52. The number of amides is 1. The fourth-order valence-electron chi connectivity index (χ4n) is 1.68. The summed E-state index contributed by atoms with van der Waals surface area (Å²) in [5, 5.41) is 4.05. The molecule has 2 heterocycles. The lowest BCUT2D eigenvalue weighted by Crippen LogP contribution is -2.41. The number of nitrogens with zero attached hydrogens (tertiary/aromatic N) is 1. The molecule has 0 bridgehead atoms. The number of rotatable bonds is 5.